The van der Waals surface area contributed by atoms with E-state index in [2.05, 4.69) is 4.98 Å². The van der Waals surface area contributed by atoms with Crippen molar-refractivity contribution < 1.29 is 4.39 Å². The quantitative estimate of drug-likeness (QED) is 0.647. The van der Waals surface area contributed by atoms with Gasteiger partial charge in [0.25, 0.3) is 0 Å². The van der Waals surface area contributed by atoms with Crippen LogP contribution in [0.3, 0.4) is 0 Å². The van der Waals surface area contributed by atoms with Gasteiger partial charge in [-0.3, -0.25) is 10.4 Å². The summed E-state index contributed by atoms with van der Waals surface area (Å²) in [6, 6.07) is 8.28. The number of pyridine rings is 1. The number of nitrogens with zero attached hydrogens (tertiary/aromatic N) is 1. The van der Waals surface area contributed by atoms with Crippen molar-refractivity contribution in [2.45, 2.75) is 9.79 Å². The molecule has 0 unspecified atom stereocenters. The normalized spacial score (nSPS) is 10.2. The molecule has 1 heterocycles. The summed E-state index contributed by atoms with van der Waals surface area (Å²) >= 11 is 1.36. The monoisotopic (exact) mass is 247 g/mol. The number of rotatable bonds is 3. The molecule has 0 atom stereocenters. The average Bonchev–Trinajstić information content (AvgIpc) is 2.30. The summed E-state index contributed by atoms with van der Waals surface area (Å²) in [6.45, 7) is 0. The molecule has 0 bridgehead atoms. The van der Waals surface area contributed by atoms with Crippen LogP contribution in [0.5, 0.6) is 0 Å². The molecule has 1 aromatic heterocycles. The minimum Gasteiger partial charge on any atom is -0.384 e. The number of aromatic nitrogens is 1. The zero-order chi connectivity index (χ0) is 12.3. The highest BCUT2D eigenvalue weighted by molar-refractivity contribution is 7.99. The number of nitrogen functional groups attached to an aromatic ring is 1. The van der Waals surface area contributed by atoms with Gasteiger partial charge in [0, 0.05) is 22.2 Å². The second-order valence-electron chi connectivity index (χ2n) is 3.31. The van der Waals surface area contributed by atoms with Crippen LogP contribution in [0.15, 0.2) is 52.5 Å². The van der Waals surface area contributed by atoms with Gasteiger partial charge in [-0.15, -0.1) is 0 Å². The van der Waals surface area contributed by atoms with E-state index in [0.29, 0.717) is 4.90 Å². The van der Waals surface area contributed by atoms with Gasteiger partial charge in [0.1, 0.15) is 11.7 Å². The van der Waals surface area contributed by atoms with Gasteiger partial charge in [0.2, 0.25) is 0 Å². The van der Waals surface area contributed by atoms with E-state index in [1.165, 1.54) is 17.8 Å². The molecule has 0 amide bonds. The Labute approximate surface area is 102 Å². The van der Waals surface area contributed by atoms with Crippen molar-refractivity contribution in [2.75, 3.05) is 0 Å². The van der Waals surface area contributed by atoms with E-state index >= 15 is 0 Å². The van der Waals surface area contributed by atoms with E-state index in [1.807, 2.05) is 12.1 Å². The van der Waals surface area contributed by atoms with Gasteiger partial charge in [-0.05, 0) is 24.3 Å². The Morgan fingerprint density at radius 2 is 1.94 bits per heavy atom. The summed E-state index contributed by atoms with van der Waals surface area (Å²) < 4.78 is 13.6. The lowest BCUT2D eigenvalue weighted by atomic mass is 10.2. The van der Waals surface area contributed by atoms with Crippen molar-refractivity contribution in [1.29, 1.82) is 5.41 Å². The number of hydrogen-bond donors (Lipinski definition) is 2. The van der Waals surface area contributed by atoms with Crippen LogP contribution in [0.4, 0.5) is 4.39 Å². The summed E-state index contributed by atoms with van der Waals surface area (Å²) in [7, 11) is 0. The number of hydrogen-bond acceptors (Lipinski definition) is 3. The van der Waals surface area contributed by atoms with Crippen molar-refractivity contribution in [1.82, 2.24) is 4.98 Å². The summed E-state index contributed by atoms with van der Waals surface area (Å²) in [5.41, 5.74) is 5.53. The number of halogens is 1. The van der Waals surface area contributed by atoms with Crippen LogP contribution in [-0.4, -0.2) is 10.8 Å². The van der Waals surface area contributed by atoms with Crippen LogP contribution >= 0.6 is 11.8 Å². The predicted molar refractivity (Wildman–Crippen MR) is 65.8 cm³/mol. The first-order valence-electron chi connectivity index (χ1n) is 4.89. The minimum atomic E-state index is -0.475. The number of nitrogens with two attached hydrogens (primary N) is 1. The zero-order valence-corrected chi connectivity index (χ0v) is 9.67. The third-order valence-corrected chi connectivity index (χ3v) is 3.19. The Morgan fingerprint density at radius 3 is 2.59 bits per heavy atom. The average molecular weight is 247 g/mol. The summed E-state index contributed by atoms with van der Waals surface area (Å²) in [4.78, 5) is 5.46. The molecule has 2 aromatic rings. The second-order valence-corrected chi connectivity index (χ2v) is 4.43. The van der Waals surface area contributed by atoms with E-state index < -0.39 is 5.82 Å². The SMILES string of the molecule is N=C(N)c1c(F)cccc1Sc1ccncc1. The lowest BCUT2D eigenvalue weighted by Crippen LogP contribution is -2.14. The first-order valence-corrected chi connectivity index (χ1v) is 5.71. The fourth-order valence-corrected chi connectivity index (χ4v) is 2.35. The number of benzene rings is 1. The fraction of sp³-hybridized carbons (Fsp3) is 0. The maximum atomic E-state index is 13.6. The zero-order valence-electron chi connectivity index (χ0n) is 8.85. The summed E-state index contributed by atoms with van der Waals surface area (Å²) in [6.07, 6.45) is 3.32. The van der Waals surface area contributed by atoms with Crippen molar-refractivity contribution >= 4 is 17.6 Å². The first-order chi connectivity index (χ1) is 8.18. The van der Waals surface area contributed by atoms with Gasteiger partial charge < -0.3 is 5.73 Å². The molecule has 0 fully saturated rings. The maximum absolute atomic E-state index is 13.6. The predicted octanol–water partition coefficient (Wildman–Crippen LogP) is 2.66. The van der Waals surface area contributed by atoms with E-state index in [9.17, 15) is 4.39 Å². The summed E-state index contributed by atoms with van der Waals surface area (Å²) in [5, 5.41) is 7.39. The molecule has 86 valence electrons. The molecule has 1 aromatic carbocycles. The van der Waals surface area contributed by atoms with Crippen molar-refractivity contribution in [3.63, 3.8) is 0 Å². The van der Waals surface area contributed by atoms with Crippen LogP contribution < -0.4 is 5.73 Å². The minimum absolute atomic E-state index is 0.148. The lowest BCUT2D eigenvalue weighted by molar-refractivity contribution is 0.621. The van der Waals surface area contributed by atoms with Crippen LogP contribution in [0.1, 0.15) is 5.56 Å². The van der Waals surface area contributed by atoms with Crippen LogP contribution in [0, 0.1) is 11.2 Å². The molecule has 0 saturated heterocycles. The van der Waals surface area contributed by atoms with Gasteiger partial charge in [0.15, 0.2) is 0 Å². The molecule has 0 aliphatic rings. The highest BCUT2D eigenvalue weighted by Crippen LogP contribution is 2.30. The van der Waals surface area contributed by atoms with Gasteiger partial charge in [-0.1, -0.05) is 17.8 Å². The molecule has 0 radical (unpaired) electrons. The Balaban J connectivity index is 2.40. The smallest absolute Gasteiger partial charge is 0.135 e. The van der Waals surface area contributed by atoms with Crippen LogP contribution in [-0.2, 0) is 0 Å². The molecule has 0 aliphatic heterocycles. The largest absolute Gasteiger partial charge is 0.384 e. The molecule has 17 heavy (non-hydrogen) atoms. The third kappa shape index (κ3) is 2.62. The maximum Gasteiger partial charge on any atom is 0.135 e. The topological polar surface area (TPSA) is 62.8 Å². The highest BCUT2D eigenvalue weighted by atomic mass is 32.2. The van der Waals surface area contributed by atoms with Gasteiger partial charge in [-0.25, -0.2) is 4.39 Å². The fourth-order valence-electron chi connectivity index (χ4n) is 1.38. The van der Waals surface area contributed by atoms with E-state index in [1.54, 1.807) is 24.5 Å². The summed E-state index contributed by atoms with van der Waals surface area (Å²) in [5.74, 6) is -0.740. The van der Waals surface area contributed by atoms with Crippen LogP contribution in [0.2, 0.25) is 0 Å². The van der Waals surface area contributed by atoms with Gasteiger partial charge >= 0.3 is 0 Å². The molecular weight excluding hydrogens is 237 g/mol. The molecule has 0 aliphatic carbocycles. The van der Waals surface area contributed by atoms with Crippen molar-refractivity contribution in [3.05, 3.63) is 54.1 Å². The Bertz CT molecular complexity index is 543. The van der Waals surface area contributed by atoms with Crippen LogP contribution in [0.25, 0.3) is 0 Å². The van der Waals surface area contributed by atoms with E-state index in [4.69, 9.17) is 11.1 Å². The molecule has 5 heteroatoms. The van der Waals surface area contributed by atoms with Crippen molar-refractivity contribution in [3.8, 4) is 0 Å². The number of amidine groups is 1. The second kappa shape index (κ2) is 4.97. The molecule has 2 rings (SSSR count). The van der Waals surface area contributed by atoms with E-state index in [0.717, 1.165) is 4.90 Å². The Morgan fingerprint density at radius 1 is 1.24 bits per heavy atom. The molecule has 3 nitrogen and oxygen atoms in total. The lowest BCUT2D eigenvalue weighted by Gasteiger charge is -2.08. The first kappa shape index (κ1) is 11.6. The van der Waals surface area contributed by atoms with Gasteiger partial charge in [0.05, 0.1) is 5.56 Å². The van der Waals surface area contributed by atoms with Gasteiger partial charge in [-0.2, -0.15) is 0 Å². The molecular formula is C12H10FN3S. The van der Waals surface area contributed by atoms with Crippen molar-refractivity contribution in [2.24, 2.45) is 5.73 Å². The molecule has 0 saturated carbocycles. The third-order valence-electron chi connectivity index (χ3n) is 2.12. The molecule has 0 spiro atoms. The Kier molecular flexibility index (Phi) is 3.39. The molecule has 3 N–H and O–H groups in total. The highest BCUT2D eigenvalue weighted by Gasteiger charge is 2.12. The number of nitrogens with one attached hydrogen (secondary N) is 1. The van der Waals surface area contributed by atoms with E-state index in [-0.39, 0.29) is 11.4 Å². The standard InChI is InChI=1S/C12H10FN3S/c13-9-2-1-3-10(11(9)12(14)15)17-8-4-6-16-7-5-8/h1-7H,(H3,14,15). The Hall–Kier alpha value is -1.88.